The minimum atomic E-state index is -0.854. The molecule has 0 radical (unpaired) electrons. The van der Waals surface area contributed by atoms with Crippen LogP contribution in [-0.4, -0.2) is 32.4 Å². The number of alkyl halides is 1. The molecule has 0 spiro atoms. The molecule has 1 aromatic heterocycles. The summed E-state index contributed by atoms with van der Waals surface area (Å²) in [4.78, 5) is 10.7. The highest BCUT2D eigenvalue weighted by molar-refractivity contribution is 6.16. The van der Waals surface area contributed by atoms with Crippen molar-refractivity contribution in [3.8, 4) is 5.69 Å². The Labute approximate surface area is 121 Å². The zero-order valence-electron chi connectivity index (χ0n) is 10.8. The Morgan fingerprint density at radius 3 is 2.45 bits per heavy atom. The van der Waals surface area contributed by atoms with Gasteiger partial charge >= 0.3 is 5.97 Å². The Balaban J connectivity index is 2.35. The molecule has 0 saturated carbocycles. The molecular weight excluding hydrogens is 280 g/mol. The second-order valence-corrected chi connectivity index (χ2v) is 4.54. The summed E-state index contributed by atoms with van der Waals surface area (Å²) in [7, 11) is 0. The maximum absolute atomic E-state index is 10.7. The SMILES string of the molecule is NCCc1nnc(CCl)n1-c1ccc(CC(=O)O)cc1. The van der Waals surface area contributed by atoms with Crippen LogP contribution in [0.5, 0.6) is 0 Å². The molecule has 0 saturated heterocycles. The fourth-order valence-corrected chi connectivity index (χ4v) is 2.14. The predicted molar refractivity (Wildman–Crippen MR) is 75.0 cm³/mol. The largest absolute Gasteiger partial charge is 0.481 e. The molecule has 6 nitrogen and oxygen atoms in total. The topological polar surface area (TPSA) is 94.0 Å². The minimum Gasteiger partial charge on any atom is -0.481 e. The number of halogens is 1. The zero-order valence-corrected chi connectivity index (χ0v) is 11.5. The molecule has 0 aliphatic heterocycles. The van der Waals surface area contributed by atoms with E-state index < -0.39 is 5.97 Å². The second kappa shape index (κ2) is 6.49. The predicted octanol–water partition coefficient (Wildman–Crippen LogP) is 1.13. The number of nitrogens with two attached hydrogens (primary N) is 1. The maximum atomic E-state index is 10.7. The van der Waals surface area contributed by atoms with Gasteiger partial charge in [0.05, 0.1) is 12.3 Å². The van der Waals surface area contributed by atoms with Gasteiger partial charge in [-0.15, -0.1) is 21.8 Å². The molecule has 0 atom stereocenters. The van der Waals surface area contributed by atoms with Gasteiger partial charge < -0.3 is 10.8 Å². The van der Waals surface area contributed by atoms with Crippen LogP contribution in [-0.2, 0) is 23.5 Å². The van der Waals surface area contributed by atoms with Crippen LogP contribution < -0.4 is 5.73 Å². The second-order valence-electron chi connectivity index (χ2n) is 4.28. The molecule has 0 bridgehead atoms. The lowest BCUT2D eigenvalue weighted by atomic mass is 10.1. The van der Waals surface area contributed by atoms with E-state index >= 15 is 0 Å². The number of hydrogen-bond donors (Lipinski definition) is 2. The fourth-order valence-electron chi connectivity index (χ4n) is 1.97. The molecule has 1 heterocycles. The summed E-state index contributed by atoms with van der Waals surface area (Å²) in [6.45, 7) is 0.470. The van der Waals surface area contributed by atoms with Crippen molar-refractivity contribution < 1.29 is 9.90 Å². The summed E-state index contributed by atoms with van der Waals surface area (Å²) in [6, 6.07) is 7.21. The molecule has 20 heavy (non-hydrogen) atoms. The summed E-state index contributed by atoms with van der Waals surface area (Å²) in [5.41, 5.74) is 7.15. The molecular formula is C13H15ClN4O2. The molecule has 1 aromatic carbocycles. The monoisotopic (exact) mass is 294 g/mol. The summed E-state index contributed by atoms with van der Waals surface area (Å²) in [6.07, 6.45) is 0.598. The summed E-state index contributed by atoms with van der Waals surface area (Å²) < 4.78 is 1.85. The first-order valence-electron chi connectivity index (χ1n) is 6.16. The lowest BCUT2D eigenvalue weighted by Crippen LogP contribution is -2.10. The lowest BCUT2D eigenvalue weighted by Gasteiger charge is -2.09. The third-order valence-corrected chi connectivity index (χ3v) is 3.07. The molecule has 0 unspecified atom stereocenters. The van der Waals surface area contributed by atoms with Gasteiger partial charge in [-0.2, -0.15) is 0 Å². The van der Waals surface area contributed by atoms with E-state index in [1.165, 1.54) is 0 Å². The highest BCUT2D eigenvalue weighted by atomic mass is 35.5. The van der Waals surface area contributed by atoms with Gasteiger partial charge in [0.25, 0.3) is 0 Å². The van der Waals surface area contributed by atoms with Crippen molar-refractivity contribution in [1.29, 1.82) is 0 Å². The minimum absolute atomic E-state index is 0.000475. The van der Waals surface area contributed by atoms with Gasteiger partial charge in [0.1, 0.15) is 5.82 Å². The Morgan fingerprint density at radius 2 is 1.90 bits per heavy atom. The van der Waals surface area contributed by atoms with E-state index in [9.17, 15) is 4.79 Å². The van der Waals surface area contributed by atoms with Crippen molar-refractivity contribution in [2.45, 2.75) is 18.7 Å². The number of carbonyl (C=O) groups is 1. The third kappa shape index (κ3) is 3.15. The van der Waals surface area contributed by atoms with Crippen LogP contribution in [0.2, 0.25) is 0 Å². The average Bonchev–Trinajstić information content (AvgIpc) is 2.82. The van der Waals surface area contributed by atoms with Crippen LogP contribution in [0.4, 0.5) is 0 Å². The van der Waals surface area contributed by atoms with E-state index in [2.05, 4.69) is 10.2 Å². The lowest BCUT2D eigenvalue weighted by molar-refractivity contribution is -0.136. The highest BCUT2D eigenvalue weighted by Crippen LogP contribution is 2.16. The van der Waals surface area contributed by atoms with Gasteiger partial charge in [-0.1, -0.05) is 12.1 Å². The standard InChI is InChI=1S/C13H15ClN4O2/c14-8-12-17-16-11(5-6-15)18(12)10-3-1-9(2-4-10)7-13(19)20/h1-4H,5-8,15H2,(H,19,20). The van der Waals surface area contributed by atoms with Crippen molar-refractivity contribution in [3.05, 3.63) is 41.5 Å². The number of aromatic nitrogens is 3. The van der Waals surface area contributed by atoms with Gasteiger partial charge in [-0.25, -0.2) is 0 Å². The number of nitrogens with zero attached hydrogens (tertiary/aromatic N) is 3. The smallest absolute Gasteiger partial charge is 0.307 e. The van der Waals surface area contributed by atoms with E-state index in [1.54, 1.807) is 12.1 Å². The Bertz CT molecular complexity index is 595. The van der Waals surface area contributed by atoms with E-state index in [0.717, 1.165) is 17.1 Å². The van der Waals surface area contributed by atoms with Crippen LogP contribution in [0.3, 0.4) is 0 Å². The molecule has 2 aromatic rings. The van der Waals surface area contributed by atoms with Crippen molar-refractivity contribution in [2.75, 3.05) is 6.54 Å². The van der Waals surface area contributed by atoms with E-state index in [1.807, 2.05) is 16.7 Å². The average molecular weight is 295 g/mol. The molecule has 7 heteroatoms. The first kappa shape index (κ1) is 14.5. The molecule has 2 rings (SSSR count). The van der Waals surface area contributed by atoms with Gasteiger partial charge in [-0.05, 0) is 24.2 Å². The number of hydrogen-bond acceptors (Lipinski definition) is 4. The molecule has 0 amide bonds. The fraction of sp³-hybridized carbons (Fsp3) is 0.308. The maximum Gasteiger partial charge on any atom is 0.307 e. The Kier molecular flexibility index (Phi) is 4.70. The van der Waals surface area contributed by atoms with Gasteiger partial charge in [0.15, 0.2) is 5.82 Å². The first-order valence-corrected chi connectivity index (χ1v) is 6.69. The Hall–Kier alpha value is -1.92. The quantitative estimate of drug-likeness (QED) is 0.779. The van der Waals surface area contributed by atoms with Crippen LogP contribution >= 0.6 is 11.6 Å². The van der Waals surface area contributed by atoms with Crippen LogP contribution in [0.15, 0.2) is 24.3 Å². The number of aliphatic carboxylic acids is 1. The van der Waals surface area contributed by atoms with Crippen LogP contribution in [0.25, 0.3) is 5.69 Å². The normalized spacial score (nSPS) is 10.7. The van der Waals surface area contributed by atoms with Gasteiger partial charge in [0.2, 0.25) is 0 Å². The van der Waals surface area contributed by atoms with Crippen molar-refractivity contribution >= 4 is 17.6 Å². The van der Waals surface area contributed by atoms with E-state index in [-0.39, 0.29) is 12.3 Å². The zero-order chi connectivity index (χ0) is 14.5. The number of rotatable bonds is 6. The van der Waals surface area contributed by atoms with Crippen LogP contribution in [0, 0.1) is 0 Å². The third-order valence-electron chi connectivity index (χ3n) is 2.83. The Morgan fingerprint density at radius 1 is 1.25 bits per heavy atom. The summed E-state index contributed by atoms with van der Waals surface area (Å²) in [5.74, 6) is 0.775. The molecule has 106 valence electrons. The first-order chi connectivity index (χ1) is 9.65. The number of benzene rings is 1. The highest BCUT2D eigenvalue weighted by Gasteiger charge is 2.12. The van der Waals surface area contributed by atoms with Gasteiger partial charge in [0, 0.05) is 12.1 Å². The summed E-state index contributed by atoms with van der Waals surface area (Å²) >= 11 is 5.86. The van der Waals surface area contributed by atoms with Gasteiger partial charge in [-0.3, -0.25) is 9.36 Å². The summed E-state index contributed by atoms with van der Waals surface area (Å²) in [5, 5.41) is 16.9. The molecule has 0 aliphatic rings. The molecule has 3 N–H and O–H groups in total. The van der Waals surface area contributed by atoms with Crippen molar-refractivity contribution in [3.63, 3.8) is 0 Å². The van der Waals surface area contributed by atoms with Crippen molar-refractivity contribution in [1.82, 2.24) is 14.8 Å². The number of carboxylic acid groups (broad SMARTS) is 1. The number of carboxylic acids is 1. The molecule has 0 fully saturated rings. The van der Waals surface area contributed by atoms with E-state index in [0.29, 0.717) is 18.8 Å². The van der Waals surface area contributed by atoms with E-state index in [4.69, 9.17) is 22.4 Å². The van der Waals surface area contributed by atoms with Crippen molar-refractivity contribution in [2.24, 2.45) is 5.73 Å². The van der Waals surface area contributed by atoms with Crippen LogP contribution in [0.1, 0.15) is 17.2 Å². The molecule has 0 aliphatic carbocycles.